The van der Waals surface area contributed by atoms with Gasteiger partial charge in [0.2, 0.25) is 0 Å². The Morgan fingerprint density at radius 2 is 1.95 bits per heavy atom. The lowest BCUT2D eigenvalue weighted by atomic mass is 10.1. The van der Waals surface area contributed by atoms with Gasteiger partial charge in [-0.3, -0.25) is 4.99 Å². The summed E-state index contributed by atoms with van der Waals surface area (Å²) in [5.74, 6) is 1.62. The van der Waals surface area contributed by atoms with Crippen LogP contribution < -0.4 is 10.6 Å². The molecule has 0 amide bonds. The highest BCUT2D eigenvalue weighted by atomic mass is 32.2. The van der Waals surface area contributed by atoms with Gasteiger partial charge < -0.3 is 15.5 Å². The van der Waals surface area contributed by atoms with Gasteiger partial charge in [0, 0.05) is 25.9 Å². The molecule has 1 atom stereocenters. The fourth-order valence-corrected chi connectivity index (χ4v) is 2.28. The van der Waals surface area contributed by atoms with E-state index in [1.165, 1.54) is 12.1 Å². The van der Waals surface area contributed by atoms with E-state index in [-0.39, 0.29) is 11.9 Å². The quantitative estimate of drug-likeness (QED) is 0.459. The van der Waals surface area contributed by atoms with E-state index >= 15 is 0 Å². The van der Waals surface area contributed by atoms with Crippen LogP contribution in [0.4, 0.5) is 4.39 Å². The molecule has 0 aliphatic rings. The largest absolute Gasteiger partial charge is 0.356 e. The van der Waals surface area contributed by atoms with Gasteiger partial charge in [-0.05, 0) is 38.0 Å². The first kappa shape index (κ1) is 17.8. The summed E-state index contributed by atoms with van der Waals surface area (Å²) < 4.78 is 13.0. The van der Waals surface area contributed by atoms with Crippen LogP contribution in [0.25, 0.3) is 0 Å². The highest BCUT2D eigenvalue weighted by molar-refractivity contribution is 7.98. The van der Waals surface area contributed by atoms with Crippen LogP contribution in [0.2, 0.25) is 0 Å². The van der Waals surface area contributed by atoms with Crippen LogP contribution in [0, 0.1) is 5.82 Å². The number of thioether (sulfide) groups is 1. The molecule has 0 saturated heterocycles. The third-order valence-electron chi connectivity index (χ3n) is 3.16. The summed E-state index contributed by atoms with van der Waals surface area (Å²) in [5.41, 5.74) is 1.08. The molecule has 1 aromatic rings. The fourth-order valence-electron chi connectivity index (χ4n) is 1.97. The maximum atomic E-state index is 13.0. The van der Waals surface area contributed by atoms with Gasteiger partial charge in [0.15, 0.2) is 5.96 Å². The predicted molar refractivity (Wildman–Crippen MR) is 90.6 cm³/mol. The standard InChI is InChI=1S/C15H25FN4S/c1-17-15(18-9-10-21-4)19-11-14(20(2)3)12-5-7-13(16)8-6-12/h5-8,14H,9-11H2,1-4H3,(H2,17,18,19). The van der Waals surface area contributed by atoms with Crippen molar-refractivity contribution >= 4 is 17.7 Å². The maximum Gasteiger partial charge on any atom is 0.191 e. The lowest BCUT2D eigenvalue weighted by Gasteiger charge is -2.26. The van der Waals surface area contributed by atoms with Crippen LogP contribution in [0.15, 0.2) is 29.3 Å². The van der Waals surface area contributed by atoms with Gasteiger partial charge in [-0.2, -0.15) is 11.8 Å². The van der Waals surface area contributed by atoms with Crippen LogP contribution in [-0.2, 0) is 0 Å². The molecule has 0 aliphatic carbocycles. The molecule has 1 unspecified atom stereocenters. The summed E-state index contributed by atoms with van der Waals surface area (Å²) in [5, 5.41) is 6.58. The molecule has 1 rings (SSSR count). The van der Waals surface area contributed by atoms with Crippen molar-refractivity contribution in [2.24, 2.45) is 4.99 Å². The molecule has 2 N–H and O–H groups in total. The zero-order valence-electron chi connectivity index (χ0n) is 13.2. The lowest BCUT2D eigenvalue weighted by molar-refractivity contribution is 0.298. The Kier molecular flexibility index (Phi) is 8.15. The van der Waals surface area contributed by atoms with Gasteiger partial charge in [-0.15, -0.1) is 0 Å². The zero-order valence-corrected chi connectivity index (χ0v) is 14.0. The van der Waals surface area contributed by atoms with E-state index in [0.717, 1.165) is 23.8 Å². The summed E-state index contributed by atoms with van der Waals surface area (Å²) >= 11 is 1.79. The number of halogens is 1. The van der Waals surface area contributed by atoms with E-state index in [0.29, 0.717) is 6.54 Å². The Hall–Kier alpha value is -1.27. The van der Waals surface area contributed by atoms with Crippen molar-refractivity contribution < 1.29 is 4.39 Å². The first-order chi connectivity index (χ1) is 10.1. The molecule has 0 fully saturated rings. The summed E-state index contributed by atoms with van der Waals surface area (Å²) in [6, 6.07) is 6.80. The van der Waals surface area contributed by atoms with E-state index in [1.54, 1.807) is 18.8 Å². The average Bonchev–Trinajstić information content (AvgIpc) is 2.47. The second kappa shape index (κ2) is 9.63. The van der Waals surface area contributed by atoms with Gasteiger partial charge in [0.05, 0.1) is 6.04 Å². The number of nitrogens with one attached hydrogen (secondary N) is 2. The van der Waals surface area contributed by atoms with Gasteiger partial charge >= 0.3 is 0 Å². The molecule has 0 heterocycles. The molecule has 118 valence electrons. The molecule has 21 heavy (non-hydrogen) atoms. The SMILES string of the molecule is CN=C(NCCSC)NCC(c1ccc(F)cc1)N(C)C. The van der Waals surface area contributed by atoms with Crippen LogP contribution in [0.5, 0.6) is 0 Å². The molecule has 6 heteroatoms. The van der Waals surface area contributed by atoms with Crippen molar-refractivity contribution in [2.45, 2.75) is 6.04 Å². The first-order valence-corrected chi connectivity index (χ1v) is 8.33. The Bertz CT molecular complexity index is 434. The Balaban J connectivity index is 2.60. The minimum Gasteiger partial charge on any atom is -0.356 e. The summed E-state index contributed by atoms with van der Waals surface area (Å²) in [6.07, 6.45) is 2.08. The van der Waals surface area contributed by atoms with Gasteiger partial charge in [0.25, 0.3) is 0 Å². The number of guanidine groups is 1. The van der Waals surface area contributed by atoms with Gasteiger partial charge in [0.1, 0.15) is 5.82 Å². The Labute approximate surface area is 131 Å². The van der Waals surface area contributed by atoms with E-state index < -0.39 is 0 Å². The number of hydrogen-bond donors (Lipinski definition) is 2. The maximum absolute atomic E-state index is 13.0. The summed E-state index contributed by atoms with van der Waals surface area (Å²) in [4.78, 5) is 6.31. The second-order valence-electron chi connectivity index (χ2n) is 4.90. The number of benzene rings is 1. The van der Waals surface area contributed by atoms with Gasteiger partial charge in [-0.25, -0.2) is 4.39 Å². The Morgan fingerprint density at radius 1 is 1.29 bits per heavy atom. The van der Waals surface area contributed by atoms with Crippen LogP contribution >= 0.6 is 11.8 Å². The fraction of sp³-hybridized carbons (Fsp3) is 0.533. The topological polar surface area (TPSA) is 39.7 Å². The van der Waals surface area contributed by atoms with Crippen molar-refractivity contribution in [3.05, 3.63) is 35.6 Å². The minimum absolute atomic E-state index is 0.157. The number of hydrogen-bond acceptors (Lipinski definition) is 3. The predicted octanol–water partition coefficient (Wildman–Crippen LogP) is 1.96. The number of likely N-dealkylation sites (N-methyl/N-ethyl adjacent to an activating group) is 1. The molecular weight excluding hydrogens is 287 g/mol. The minimum atomic E-state index is -0.209. The highest BCUT2D eigenvalue weighted by Gasteiger charge is 2.14. The highest BCUT2D eigenvalue weighted by Crippen LogP contribution is 2.17. The molecular formula is C15H25FN4S. The molecule has 0 spiro atoms. The van der Waals surface area contributed by atoms with Crippen LogP contribution in [0.3, 0.4) is 0 Å². The van der Waals surface area contributed by atoms with E-state index in [9.17, 15) is 4.39 Å². The van der Waals surface area contributed by atoms with E-state index in [4.69, 9.17) is 0 Å². The Morgan fingerprint density at radius 3 is 2.48 bits per heavy atom. The number of nitrogens with zero attached hydrogens (tertiary/aromatic N) is 2. The zero-order chi connectivity index (χ0) is 15.7. The first-order valence-electron chi connectivity index (χ1n) is 6.93. The smallest absolute Gasteiger partial charge is 0.191 e. The third-order valence-corrected chi connectivity index (χ3v) is 3.78. The number of aliphatic imine (C=N–C) groups is 1. The van der Waals surface area contributed by atoms with Crippen LogP contribution in [-0.4, -0.2) is 57.1 Å². The van der Waals surface area contributed by atoms with Crippen molar-refractivity contribution in [2.75, 3.05) is 46.2 Å². The third kappa shape index (κ3) is 6.35. The van der Waals surface area contributed by atoms with Crippen molar-refractivity contribution in [1.82, 2.24) is 15.5 Å². The van der Waals surface area contributed by atoms with Crippen molar-refractivity contribution in [3.63, 3.8) is 0 Å². The molecule has 0 aliphatic heterocycles. The number of rotatable bonds is 7. The molecule has 1 aromatic carbocycles. The second-order valence-corrected chi connectivity index (χ2v) is 5.89. The van der Waals surface area contributed by atoms with E-state index in [2.05, 4.69) is 26.8 Å². The van der Waals surface area contributed by atoms with Gasteiger partial charge in [-0.1, -0.05) is 12.1 Å². The van der Waals surface area contributed by atoms with Crippen molar-refractivity contribution in [1.29, 1.82) is 0 Å². The normalized spacial score (nSPS) is 13.3. The van der Waals surface area contributed by atoms with E-state index in [1.807, 2.05) is 26.2 Å². The molecule has 4 nitrogen and oxygen atoms in total. The summed E-state index contributed by atoms with van der Waals surface area (Å²) in [6.45, 7) is 1.58. The monoisotopic (exact) mass is 312 g/mol. The molecule has 0 radical (unpaired) electrons. The molecule has 0 bridgehead atoms. The molecule has 0 aromatic heterocycles. The molecule has 0 saturated carbocycles. The average molecular weight is 312 g/mol. The van der Waals surface area contributed by atoms with Crippen LogP contribution in [0.1, 0.15) is 11.6 Å². The van der Waals surface area contributed by atoms with Crippen molar-refractivity contribution in [3.8, 4) is 0 Å². The summed E-state index contributed by atoms with van der Waals surface area (Å²) in [7, 11) is 5.79. The lowest BCUT2D eigenvalue weighted by Crippen LogP contribution is -2.42.